The van der Waals surface area contributed by atoms with Gasteiger partial charge in [-0.2, -0.15) is 0 Å². The van der Waals surface area contributed by atoms with Gasteiger partial charge in [0, 0.05) is 6.08 Å². The Balaban J connectivity index is 2.25. The molecule has 2 rings (SSSR count). The molecule has 2 fully saturated rings. The molecule has 0 aromatic rings. The third-order valence-electron chi connectivity index (χ3n) is 6.71. The molecule has 0 aromatic carbocycles. The number of aliphatic carboxylic acids is 2. The van der Waals surface area contributed by atoms with Gasteiger partial charge >= 0.3 is 11.9 Å². The molecule has 2 N–H and O–H groups in total. The second kappa shape index (κ2) is 6.73. The van der Waals surface area contributed by atoms with E-state index in [1.165, 1.54) is 11.6 Å². The fraction of sp³-hybridized carbons (Fsp3) is 0.700. The number of fused-ring (bicyclic) bond motifs is 1. The minimum absolute atomic E-state index is 0.0514. The van der Waals surface area contributed by atoms with Gasteiger partial charge in [-0.25, -0.2) is 4.79 Å². The topological polar surface area (TPSA) is 74.6 Å². The lowest BCUT2D eigenvalue weighted by atomic mass is 9.46. The molecule has 2 aliphatic rings. The Kier molecular flexibility index (Phi) is 5.26. The van der Waals surface area contributed by atoms with E-state index < -0.39 is 17.4 Å². The smallest absolute Gasteiger partial charge is 0.328 e. The van der Waals surface area contributed by atoms with Crippen LogP contribution in [0.4, 0.5) is 0 Å². The van der Waals surface area contributed by atoms with E-state index in [0.29, 0.717) is 0 Å². The van der Waals surface area contributed by atoms with Crippen LogP contribution < -0.4 is 0 Å². The SMILES string of the molecule is C=C1CC[C@H]2[C@](C)(CCC[C@]2(C)C(=O)O)[C@@H]1CC/C(C)=C/C(=O)O. The molecule has 4 heteroatoms. The number of carbonyl (C=O) groups is 2. The van der Waals surface area contributed by atoms with Crippen LogP contribution in [0.1, 0.15) is 65.7 Å². The maximum absolute atomic E-state index is 12.0. The number of carboxylic acids is 2. The number of hydrogen-bond acceptors (Lipinski definition) is 2. The Morgan fingerprint density at radius 3 is 2.54 bits per heavy atom. The van der Waals surface area contributed by atoms with Gasteiger partial charge < -0.3 is 10.2 Å². The highest BCUT2D eigenvalue weighted by atomic mass is 16.4. The van der Waals surface area contributed by atoms with Crippen molar-refractivity contribution in [2.75, 3.05) is 0 Å². The van der Waals surface area contributed by atoms with Gasteiger partial charge in [0.15, 0.2) is 0 Å². The zero-order valence-corrected chi connectivity index (χ0v) is 15.1. The van der Waals surface area contributed by atoms with E-state index in [0.717, 1.165) is 50.5 Å². The zero-order valence-electron chi connectivity index (χ0n) is 15.1. The highest BCUT2D eigenvalue weighted by Gasteiger charge is 2.57. The van der Waals surface area contributed by atoms with Gasteiger partial charge in [0.1, 0.15) is 0 Å². The van der Waals surface area contributed by atoms with E-state index >= 15 is 0 Å². The van der Waals surface area contributed by atoms with Gasteiger partial charge in [0.05, 0.1) is 5.41 Å². The molecule has 2 aliphatic carbocycles. The van der Waals surface area contributed by atoms with Crippen molar-refractivity contribution in [3.63, 3.8) is 0 Å². The summed E-state index contributed by atoms with van der Waals surface area (Å²) in [5, 5.41) is 18.7. The molecule has 0 unspecified atom stereocenters. The van der Waals surface area contributed by atoms with E-state index in [4.69, 9.17) is 5.11 Å². The van der Waals surface area contributed by atoms with Crippen LogP contribution in [0.2, 0.25) is 0 Å². The first-order chi connectivity index (χ1) is 11.1. The van der Waals surface area contributed by atoms with Crippen molar-refractivity contribution < 1.29 is 19.8 Å². The second-order valence-corrected chi connectivity index (χ2v) is 8.25. The summed E-state index contributed by atoms with van der Waals surface area (Å²) in [4.78, 5) is 22.8. The largest absolute Gasteiger partial charge is 0.481 e. The Labute approximate surface area is 144 Å². The van der Waals surface area contributed by atoms with Crippen LogP contribution in [0, 0.1) is 22.7 Å². The quantitative estimate of drug-likeness (QED) is 0.566. The highest BCUT2D eigenvalue weighted by molar-refractivity contribution is 5.80. The van der Waals surface area contributed by atoms with Gasteiger partial charge in [0.2, 0.25) is 0 Å². The van der Waals surface area contributed by atoms with E-state index in [-0.39, 0.29) is 17.3 Å². The fourth-order valence-corrected chi connectivity index (χ4v) is 5.39. The molecule has 0 amide bonds. The summed E-state index contributed by atoms with van der Waals surface area (Å²) in [6, 6.07) is 0. The standard InChI is InChI=1S/C20H30O4/c1-13(12-17(21)22)6-8-15-14(2)7-9-16-19(15,3)10-5-11-20(16,4)18(23)24/h12,15-16H,2,5-11H2,1,3-4H3,(H,21,22)(H,23,24)/b13-12+/t15-,16+,19-,20+/m1/s1. The molecule has 4 atom stereocenters. The number of carboxylic acid groups (broad SMARTS) is 2. The van der Waals surface area contributed by atoms with Crippen LogP contribution in [0.15, 0.2) is 23.8 Å². The van der Waals surface area contributed by atoms with Crippen LogP contribution >= 0.6 is 0 Å². The molecular weight excluding hydrogens is 304 g/mol. The fourth-order valence-electron chi connectivity index (χ4n) is 5.39. The monoisotopic (exact) mass is 334 g/mol. The summed E-state index contributed by atoms with van der Waals surface area (Å²) < 4.78 is 0. The highest BCUT2D eigenvalue weighted by Crippen LogP contribution is 2.62. The van der Waals surface area contributed by atoms with Crippen molar-refractivity contribution in [2.24, 2.45) is 22.7 Å². The zero-order chi connectivity index (χ0) is 18.1. The van der Waals surface area contributed by atoms with Crippen molar-refractivity contribution in [3.8, 4) is 0 Å². The first-order valence-corrected chi connectivity index (χ1v) is 8.92. The van der Waals surface area contributed by atoms with E-state index in [9.17, 15) is 14.7 Å². The first kappa shape index (κ1) is 18.8. The Hall–Kier alpha value is -1.58. The van der Waals surface area contributed by atoms with Gasteiger partial charge in [-0.1, -0.05) is 31.1 Å². The molecule has 0 bridgehead atoms. The molecule has 0 radical (unpaired) electrons. The van der Waals surface area contributed by atoms with Crippen molar-refractivity contribution in [1.82, 2.24) is 0 Å². The molecule has 2 saturated carbocycles. The van der Waals surface area contributed by atoms with Crippen LogP contribution in [0.3, 0.4) is 0 Å². The predicted molar refractivity (Wildman–Crippen MR) is 93.7 cm³/mol. The average molecular weight is 334 g/mol. The van der Waals surface area contributed by atoms with E-state index in [2.05, 4.69) is 13.5 Å². The Morgan fingerprint density at radius 1 is 1.29 bits per heavy atom. The molecule has 0 saturated heterocycles. The third-order valence-corrected chi connectivity index (χ3v) is 6.71. The van der Waals surface area contributed by atoms with Crippen molar-refractivity contribution in [3.05, 3.63) is 23.8 Å². The molecule has 134 valence electrons. The second-order valence-electron chi connectivity index (χ2n) is 8.25. The van der Waals surface area contributed by atoms with Crippen molar-refractivity contribution >= 4 is 11.9 Å². The number of rotatable bonds is 5. The molecule has 0 heterocycles. The summed E-state index contributed by atoms with van der Waals surface area (Å²) in [6.07, 6.45) is 7.36. The molecule has 24 heavy (non-hydrogen) atoms. The van der Waals surface area contributed by atoms with Gasteiger partial charge in [0.25, 0.3) is 0 Å². The van der Waals surface area contributed by atoms with Crippen LogP contribution in [-0.2, 0) is 9.59 Å². The summed E-state index contributed by atoms with van der Waals surface area (Å²) >= 11 is 0. The minimum atomic E-state index is -0.907. The molecular formula is C20H30O4. The molecule has 0 aromatic heterocycles. The van der Waals surface area contributed by atoms with Crippen LogP contribution in [-0.4, -0.2) is 22.2 Å². The lowest BCUT2D eigenvalue weighted by Crippen LogP contribution is -2.53. The molecule has 0 aliphatic heterocycles. The Bertz CT molecular complexity index is 576. The summed E-state index contributed by atoms with van der Waals surface area (Å²) in [5.41, 5.74) is 1.37. The van der Waals surface area contributed by atoms with E-state index in [1.54, 1.807) is 0 Å². The molecule has 0 spiro atoms. The van der Waals surface area contributed by atoms with Crippen LogP contribution in [0.5, 0.6) is 0 Å². The third kappa shape index (κ3) is 3.28. The average Bonchev–Trinajstić information content (AvgIpc) is 2.45. The molecule has 4 nitrogen and oxygen atoms in total. The summed E-state index contributed by atoms with van der Waals surface area (Å²) in [7, 11) is 0. The number of allylic oxidation sites excluding steroid dienone is 2. The van der Waals surface area contributed by atoms with Crippen LogP contribution in [0.25, 0.3) is 0 Å². The van der Waals surface area contributed by atoms with E-state index in [1.807, 2.05) is 13.8 Å². The van der Waals surface area contributed by atoms with Gasteiger partial charge in [-0.15, -0.1) is 0 Å². The number of hydrogen-bond donors (Lipinski definition) is 2. The lowest BCUT2D eigenvalue weighted by molar-refractivity contribution is -0.164. The summed E-state index contributed by atoms with van der Waals surface area (Å²) in [6.45, 7) is 10.3. The minimum Gasteiger partial charge on any atom is -0.481 e. The van der Waals surface area contributed by atoms with Crippen molar-refractivity contribution in [2.45, 2.75) is 65.7 Å². The summed E-state index contributed by atoms with van der Waals surface area (Å²) in [5.74, 6) is -1.15. The van der Waals surface area contributed by atoms with Gasteiger partial charge in [-0.05, 0) is 69.6 Å². The maximum atomic E-state index is 12.0. The predicted octanol–water partition coefficient (Wildman–Crippen LogP) is 4.66. The first-order valence-electron chi connectivity index (χ1n) is 8.92. The van der Waals surface area contributed by atoms with Gasteiger partial charge in [-0.3, -0.25) is 4.79 Å². The Morgan fingerprint density at radius 2 is 1.96 bits per heavy atom. The lowest BCUT2D eigenvalue weighted by Gasteiger charge is -2.57. The normalized spacial score (nSPS) is 37.0. The van der Waals surface area contributed by atoms with Crippen molar-refractivity contribution in [1.29, 1.82) is 0 Å². The maximum Gasteiger partial charge on any atom is 0.328 e.